The van der Waals surface area contributed by atoms with Crippen LogP contribution in [0.15, 0.2) is 42.5 Å². The number of likely N-dealkylation sites (tertiary alicyclic amines) is 1. The van der Waals surface area contributed by atoms with Gasteiger partial charge in [-0.25, -0.2) is 4.79 Å². The van der Waals surface area contributed by atoms with Gasteiger partial charge in [0.1, 0.15) is 5.75 Å². The molecule has 1 aliphatic heterocycles. The molecular formula is C26H35NO3. The lowest BCUT2D eigenvalue weighted by Gasteiger charge is -2.33. The van der Waals surface area contributed by atoms with Crippen LogP contribution in [0.3, 0.4) is 0 Å². The van der Waals surface area contributed by atoms with Gasteiger partial charge in [-0.1, -0.05) is 30.3 Å². The molecule has 2 aromatic rings. The number of aliphatic carboxylic acids is 1. The Balaban J connectivity index is 1.56. The van der Waals surface area contributed by atoms with E-state index in [9.17, 15) is 9.90 Å². The van der Waals surface area contributed by atoms with E-state index in [0.717, 1.165) is 26.1 Å². The highest BCUT2D eigenvalue weighted by atomic mass is 16.5. The number of hydrogen-bond donors (Lipinski definition) is 1. The van der Waals surface area contributed by atoms with E-state index in [-0.39, 0.29) is 0 Å². The highest BCUT2D eigenvalue weighted by molar-refractivity contribution is 5.76. The maximum Gasteiger partial charge on any atom is 0.347 e. The number of carbonyl (C=O) groups is 1. The zero-order valence-corrected chi connectivity index (χ0v) is 18.8. The van der Waals surface area contributed by atoms with E-state index >= 15 is 0 Å². The molecule has 4 heteroatoms. The van der Waals surface area contributed by atoms with Gasteiger partial charge in [0, 0.05) is 6.54 Å². The van der Waals surface area contributed by atoms with E-state index in [1.165, 1.54) is 41.5 Å². The molecule has 1 N–H and O–H groups in total. The van der Waals surface area contributed by atoms with Crippen LogP contribution >= 0.6 is 0 Å². The van der Waals surface area contributed by atoms with Crippen molar-refractivity contribution in [2.75, 3.05) is 19.6 Å². The second-order valence-electron chi connectivity index (χ2n) is 9.15. The van der Waals surface area contributed by atoms with Gasteiger partial charge in [-0.2, -0.15) is 0 Å². The van der Waals surface area contributed by atoms with E-state index in [4.69, 9.17) is 4.74 Å². The van der Waals surface area contributed by atoms with Crippen molar-refractivity contribution in [3.8, 4) is 5.75 Å². The summed E-state index contributed by atoms with van der Waals surface area (Å²) in [7, 11) is 0. The molecule has 1 aliphatic rings. The Labute approximate surface area is 180 Å². The monoisotopic (exact) mass is 409 g/mol. The maximum atomic E-state index is 11.4. The summed E-state index contributed by atoms with van der Waals surface area (Å²) in [6, 6.07) is 14.8. The summed E-state index contributed by atoms with van der Waals surface area (Å²) in [6.45, 7) is 10.8. The first-order chi connectivity index (χ1) is 14.2. The van der Waals surface area contributed by atoms with E-state index in [1.54, 1.807) is 13.8 Å². The quantitative estimate of drug-likeness (QED) is 0.638. The normalized spacial score (nSPS) is 17.7. The number of ether oxygens (including phenoxy) is 1. The average molecular weight is 410 g/mol. The molecule has 4 nitrogen and oxygen atoms in total. The molecule has 1 saturated heterocycles. The third-order valence-electron chi connectivity index (χ3n) is 6.23. The van der Waals surface area contributed by atoms with Crippen molar-refractivity contribution in [3.05, 3.63) is 64.7 Å². The molecule has 0 aromatic heterocycles. The van der Waals surface area contributed by atoms with E-state index < -0.39 is 11.6 Å². The predicted molar refractivity (Wildman–Crippen MR) is 121 cm³/mol. The maximum absolute atomic E-state index is 11.4. The summed E-state index contributed by atoms with van der Waals surface area (Å²) in [5.74, 6) is 0.143. The molecule has 1 atom stereocenters. The fourth-order valence-electron chi connectivity index (χ4n) is 4.17. The predicted octanol–water partition coefficient (Wildman–Crippen LogP) is 5.36. The Morgan fingerprint density at radius 2 is 1.97 bits per heavy atom. The minimum Gasteiger partial charge on any atom is -0.478 e. The van der Waals surface area contributed by atoms with Gasteiger partial charge in [-0.05, 0) is 107 Å². The molecule has 0 aliphatic carbocycles. The Hall–Kier alpha value is -2.33. The lowest BCUT2D eigenvalue weighted by Crippen LogP contribution is -2.38. The van der Waals surface area contributed by atoms with Gasteiger partial charge in [0.15, 0.2) is 5.60 Å². The molecule has 1 fully saturated rings. The zero-order valence-electron chi connectivity index (χ0n) is 18.8. The molecule has 0 radical (unpaired) electrons. The van der Waals surface area contributed by atoms with Crippen LogP contribution in [0.25, 0.3) is 0 Å². The van der Waals surface area contributed by atoms with Gasteiger partial charge in [-0.3, -0.25) is 0 Å². The minimum absolute atomic E-state index is 0.469. The van der Waals surface area contributed by atoms with Crippen LogP contribution < -0.4 is 4.74 Å². The van der Waals surface area contributed by atoms with Gasteiger partial charge in [0.25, 0.3) is 0 Å². The molecule has 3 rings (SSSR count). The number of aryl methyl sites for hydroxylation is 3. The van der Waals surface area contributed by atoms with Gasteiger partial charge in [0.05, 0.1) is 0 Å². The van der Waals surface area contributed by atoms with Crippen LogP contribution in [0, 0.1) is 13.8 Å². The molecule has 0 spiro atoms. The number of carboxylic acids is 1. The largest absolute Gasteiger partial charge is 0.478 e. The molecule has 1 heterocycles. The van der Waals surface area contributed by atoms with Crippen molar-refractivity contribution in [2.45, 2.75) is 64.9 Å². The first kappa shape index (κ1) is 22.4. The number of hydrogen-bond acceptors (Lipinski definition) is 3. The van der Waals surface area contributed by atoms with Crippen molar-refractivity contribution < 1.29 is 14.6 Å². The molecule has 0 saturated carbocycles. The van der Waals surface area contributed by atoms with Crippen LogP contribution in [0.4, 0.5) is 0 Å². The smallest absolute Gasteiger partial charge is 0.347 e. The molecule has 2 aromatic carbocycles. The fraction of sp³-hybridized carbons (Fsp3) is 0.500. The first-order valence-electron chi connectivity index (χ1n) is 11.1. The third-order valence-corrected chi connectivity index (χ3v) is 6.23. The Kier molecular flexibility index (Phi) is 7.19. The van der Waals surface area contributed by atoms with Crippen LogP contribution in [0.5, 0.6) is 5.75 Å². The second kappa shape index (κ2) is 9.65. The number of carboxylic acid groups (broad SMARTS) is 1. The Bertz CT molecular complexity index is 874. The third kappa shape index (κ3) is 5.85. The summed E-state index contributed by atoms with van der Waals surface area (Å²) < 4.78 is 5.74. The molecule has 162 valence electrons. The summed E-state index contributed by atoms with van der Waals surface area (Å²) >= 11 is 0. The van der Waals surface area contributed by atoms with E-state index in [1.807, 2.05) is 18.2 Å². The topological polar surface area (TPSA) is 49.8 Å². The van der Waals surface area contributed by atoms with Crippen molar-refractivity contribution in [3.63, 3.8) is 0 Å². The number of benzene rings is 2. The summed E-state index contributed by atoms with van der Waals surface area (Å²) in [4.78, 5) is 13.9. The van der Waals surface area contributed by atoms with E-state index in [2.05, 4.69) is 43.0 Å². The zero-order chi connectivity index (χ0) is 21.7. The molecular weight excluding hydrogens is 374 g/mol. The molecule has 0 amide bonds. The average Bonchev–Trinajstić information content (AvgIpc) is 2.71. The Morgan fingerprint density at radius 1 is 1.17 bits per heavy atom. The number of piperidine rings is 1. The van der Waals surface area contributed by atoms with E-state index in [0.29, 0.717) is 11.7 Å². The SMILES string of the molecule is Cc1ccc(CCCN2CCCC(c3cccc(OC(C)(C)C(=O)O)c3)C2)cc1C. The van der Waals surface area contributed by atoms with Crippen molar-refractivity contribution in [1.82, 2.24) is 4.90 Å². The number of rotatable bonds is 8. The Morgan fingerprint density at radius 3 is 2.70 bits per heavy atom. The van der Waals surface area contributed by atoms with Crippen LogP contribution in [-0.4, -0.2) is 41.2 Å². The summed E-state index contributed by atoms with van der Waals surface area (Å²) in [5.41, 5.74) is 4.17. The van der Waals surface area contributed by atoms with Gasteiger partial charge in [0.2, 0.25) is 0 Å². The van der Waals surface area contributed by atoms with Crippen molar-refractivity contribution >= 4 is 5.97 Å². The minimum atomic E-state index is -1.23. The number of nitrogens with zero attached hydrogens (tertiary/aromatic N) is 1. The lowest BCUT2D eigenvalue weighted by molar-refractivity contribution is -0.152. The van der Waals surface area contributed by atoms with Crippen LogP contribution in [0.2, 0.25) is 0 Å². The highest BCUT2D eigenvalue weighted by Gasteiger charge is 2.30. The molecule has 30 heavy (non-hydrogen) atoms. The van der Waals surface area contributed by atoms with Gasteiger partial charge >= 0.3 is 5.97 Å². The summed E-state index contributed by atoms with van der Waals surface area (Å²) in [6.07, 6.45) is 4.65. The van der Waals surface area contributed by atoms with Crippen LogP contribution in [-0.2, 0) is 11.2 Å². The van der Waals surface area contributed by atoms with Gasteiger partial charge < -0.3 is 14.7 Å². The second-order valence-corrected chi connectivity index (χ2v) is 9.15. The van der Waals surface area contributed by atoms with Gasteiger partial charge in [-0.15, -0.1) is 0 Å². The molecule has 0 bridgehead atoms. The standard InChI is InChI=1S/C26H35NO3/c1-19-12-13-21(16-20(19)2)8-6-14-27-15-7-10-23(18-27)22-9-5-11-24(17-22)30-26(3,4)25(28)29/h5,9,11-13,16-17,23H,6-8,10,14-15,18H2,1-4H3,(H,28,29). The molecule has 1 unspecified atom stereocenters. The van der Waals surface area contributed by atoms with Crippen molar-refractivity contribution in [1.29, 1.82) is 0 Å². The lowest BCUT2D eigenvalue weighted by atomic mass is 9.90. The highest BCUT2D eigenvalue weighted by Crippen LogP contribution is 2.30. The van der Waals surface area contributed by atoms with Crippen LogP contribution in [0.1, 0.15) is 61.3 Å². The summed E-state index contributed by atoms with van der Waals surface area (Å²) in [5, 5.41) is 9.32. The van der Waals surface area contributed by atoms with Crippen molar-refractivity contribution in [2.24, 2.45) is 0 Å². The first-order valence-corrected chi connectivity index (χ1v) is 11.1. The fourth-order valence-corrected chi connectivity index (χ4v) is 4.17.